The molecular formula is C21H25N3O3. The van der Waals surface area contributed by atoms with Crippen molar-refractivity contribution >= 4 is 11.5 Å². The minimum Gasteiger partial charge on any atom is -0.504 e. The maximum atomic E-state index is 10.0. The predicted molar refractivity (Wildman–Crippen MR) is 106 cm³/mol. The number of phenolic OH excluding ortho intramolecular Hbond substituents is 1. The average molecular weight is 367 g/mol. The third-order valence-corrected chi connectivity index (χ3v) is 4.90. The summed E-state index contributed by atoms with van der Waals surface area (Å²) in [6.07, 6.45) is 4.43. The summed E-state index contributed by atoms with van der Waals surface area (Å²) in [6, 6.07) is 9.44. The predicted octanol–water partition coefficient (Wildman–Crippen LogP) is 4.00. The first-order chi connectivity index (χ1) is 13.2. The lowest BCUT2D eigenvalue weighted by Crippen LogP contribution is -2.19. The van der Waals surface area contributed by atoms with Crippen LogP contribution in [0.25, 0.3) is 16.9 Å². The van der Waals surface area contributed by atoms with Gasteiger partial charge in [-0.15, -0.1) is 0 Å². The second-order valence-corrected chi connectivity index (χ2v) is 6.83. The summed E-state index contributed by atoms with van der Waals surface area (Å²) in [5.41, 5.74) is 3.75. The molecule has 0 aliphatic carbocycles. The van der Waals surface area contributed by atoms with Gasteiger partial charge in [0, 0.05) is 24.9 Å². The van der Waals surface area contributed by atoms with E-state index in [-0.39, 0.29) is 11.9 Å². The van der Waals surface area contributed by atoms with Crippen molar-refractivity contribution in [2.45, 2.75) is 32.8 Å². The zero-order valence-corrected chi connectivity index (χ0v) is 15.7. The number of fused-ring (bicyclic) bond motifs is 1. The van der Waals surface area contributed by atoms with Crippen LogP contribution in [0.5, 0.6) is 11.5 Å². The van der Waals surface area contributed by atoms with Gasteiger partial charge in [-0.1, -0.05) is 6.07 Å². The molecule has 3 aromatic rings. The molecule has 1 aliphatic heterocycles. The summed E-state index contributed by atoms with van der Waals surface area (Å²) >= 11 is 0. The van der Waals surface area contributed by atoms with Gasteiger partial charge in [0.15, 0.2) is 11.5 Å². The first-order valence-corrected chi connectivity index (χ1v) is 9.46. The van der Waals surface area contributed by atoms with Gasteiger partial charge < -0.3 is 19.9 Å². The number of anilines is 1. The summed E-state index contributed by atoms with van der Waals surface area (Å²) in [7, 11) is 0. The van der Waals surface area contributed by atoms with Crippen LogP contribution in [-0.4, -0.2) is 40.4 Å². The molecule has 6 heteroatoms. The molecule has 0 saturated carbocycles. The van der Waals surface area contributed by atoms with Gasteiger partial charge in [0.1, 0.15) is 17.2 Å². The Bertz CT molecular complexity index is 945. The van der Waals surface area contributed by atoms with Gasteiger partial charge in [-0.2, -0.15) is 0 Å². The fourth-order valence-corrected chi connectivity index (χ4v) is 3.52. The number of aromatic nitrogens is 2. The third kappa shape index (κ3) is 3.45. The molecule has 3 heterocycles. The molecule has 0 radical (unpaired) electrons. The van der Waals surface area contributed by atoms with Crippen molar-refractivity contribution in [3.63, 3.8) is 0 Å². The number of hydrogen-bond donors (Lipinski definition) is 2. The number of pyridine rings is 1. The second-order valence-electron chi connectivity index (χ2n) is 6.83. The van der Waals surface area contributed by atoms with E-state index in [9.17, 15) is 5.11 Å². The van der Waals surface area contributed by atoms with Gasteiger partial charge in [0.05, 0.1) is 12.7 Å². The van der Waals surface area contributed by atoms with Crippen molar-refractivity contribution < 1.29 is 14.6 Å². The molecule has 1 saturated heterocycles. The van der Waals surface area contributed by atoms with Crippen molar-refractivity contribution in [2.75, 3.05) is 25.1 Å². The average Bonchev–Trinajstić information content (AvgIpc) is 3.30. The number of imidazole rings is 1. The van der Waals surface area contributed by atoms with E-state index in [4.69, 9.17) is 14.5 Å². The molecule has 0 unspecified atom stereocenters. The smallest absolute Gasteiger partial charge is 0.161 e. The zero-order valence-electron chi connectivity index (χ0n) is 15.7. The van der Waals surface area contributed by atoms with E-state index >= 15 is 0 Å². The van der Waals surface area contributed by atoms with Gasteiger partial charge in [-0.05, 0) is 56.5 Å². The number of benzene rings is 1. The van der Waals surface area contributed by atoms with Gasteiger partial charge in [0.25, 0.3) is 0 Å². The van der Waals surface area contributed by atoms with Crippen LogP contribution >= 0.6 is 0 Å². The Balaban J connectivity index is 1.77. The summed E-state index contributed by atoms with van der Waals surface area (Å²) in [4.78, 5) is 4.88. The molecule has 1 aromatic carbocycles. The van der Waals surface area contributed by atoms with Gasteiger partial charge in [-0.3, -0.25) is 4.40 Å². The summed E-state index contributed by atoms with van der Waals surface area (Å²) in [5, 5.41) is 13.6. The number of aromatic hydroxyl groups is 1. The lowest BCUT2D eigenvalue weighted by atomic mass is 10.1. The monoisotopic (exact) mass is 367 g/mol. The molecule has 1 fully saturated rings. The Hall–Kier alpha value is -2.73. The van der Waals surface area contributed by atoms with Crippen molar-refractivity contribution in [3.8, 4) is 22.8 Å². The van der Waals surface area contributed by atoms with Gasteiger partial charge in [-0.25, -0.2) is 4.98 Å². The normalized spacial score (nSPS) is 16.7. The standard InChI is InChI=1S/C21H25N3O3/c1-3-26-18-12-15(8-9-17(18)25)19-21(22-13-16-7-5-11-27-16)24-10-4-6-14(2)20(24)23-19/h4,6,8-10,12,16,22,25H,3,5,7,11,13H2,1-2H3/t16-/m1/s1. The van der Waals surface area contributed by atoms with Crippen LogP contribution in [0.4, 0.5) is 5.82 Å². The molecule has 6 nitrogen and oxygen atoms in total. The highest BCUT2D eigenvalue weighted by atomic mass is 16.5. The van der Waals surface area contributed by atoms with Crippen LogP contribution in [0.15, 0.2) is 36.5 Å². The van der Waals surface area contributed by atoms with E-state index in [2.05, 4.69) is 22.7 Å². The van der Waals surface area contributed by atoms with E-state index < -0.39 is 0 Å². The first-order valence-electron chi connectivity index (χ1n) is 9.46. The Morgan fingerprint density at radius 3 is 3.04 bits per heavy atom. The van der Waals surface area contributed by atoms with E-state index in [0.717, 1.165) is 54.3 Å². The molecule has 1 aliphatic rings. The van der Waals surface area contributed by atoms with E-state index in [1.807, 2.05) is 31.3 Å². The number of rotatable bonds is 6. The van der Waals surface area contributed by atoms with E-state index in [0.29, 0.717) is 12.4 Å². The highest BCUT2D eigenvalue weighted by molar-refractivity contribution is 5.78. The molecule has 4 rings (SSSR count). The Morgan fingerprint density at radius 2 is 2.26 bits per heavy atom. The van der Waals surface area contributed by atoms with Crippen LogP contribution < -0.4 is 10.1 Å². The molecule has 0 amide bonds. The second kappa shape index (κ2) is 7.48. The lowest BCUT2D eigenvalue weighted by molar-refractivity contribution is 0.120. The molecule has 142 valence electrons. The molecule has 27 heavy (non-hydrogen) atoms. The van der Waals surface area contributed by atoms with Crippen molar-refractivity contribution in [1.29, 1.82) is 0 Å². The fraction of sp³-hybridized carbons (Fsp3) is 0.381. The Kier molecular flexibility index (Phi) is 4.90. The molecule has 2 N–H and O–H groups in total. The summed E-state index contributed by atoms with van der Waals surface area (Å²) in [5.74, 6) is 1.53. The van der Waals surface area contributed by atoms with Crippen LogP contribution in [0.2, 0.25) is 0 Å². The minimum atomic E-state index is 0.134. The van der Waals surface area contributed by atoms with Gasteiger partial charge >= 0.3 is 0 Å². The van der Waals surface area contributed by atoms with Crippen LogP contribution in [-0.2, 0) is 4.74 Å². The van der Waals surface area contributed by atoms with Crippen LogP contribution in [0.1, 0.15) is 25.3 Å². The number of hydrogen-bond acceptors (Lipinski definition) is 5. The third-order valence-electron chi connectivity index (χ3n) is 4.90. The van der Waals surface area contributed by atoms with Crippen LogP contribution in [0.3, 0.4) is 0 Å². The number of nitrogens with one attached hydrogen (secondary N) is 1. The maximum Gasteiger partial charge on any atom is 0.161 e. The van der Waals surface area contributed by atoms with Crippen molar-refractivity contribution in [2.24, 2.45) is 0 Å². The zero-order chi connectivity index (χ0) is 18.8. The first kappa shape index (κ1) is 17.7. The SMILES string of the molecule is CCOc1cc(-c2nc3c(C)cccn3c2NC[C@H]2CCCO2)ccc1O. The summed E-state index contributed by atoms with van der Waals surface area (Å²) in [6.45, 7) is 6.02. The van der Waals surface area contributed by atoms with Crippen molar-refractivity contribution in [1.82, 2.24) is 9.38 Å². The topological polar surface area (TPSA) is 68.0 Å². The molecule has 1 atom stereocenters. The lowest BCUT2D eigenvalue weighted by Gasteiger charge is -2.14. The number of aryl methyl sites for hydroxylation is 1. The molecule has 2 aromatic heterocycles. The Labute approximate surface area is 158 Å². The van der Waals surface area contributed by atoms with Crippen molar-refractivity contribution in [3.05, 3.63) is 42.1 Å². The largest absolute Gasteiger partial charge is 0.504 e. The molecular weight excluding hydrogens is 342 g/mol. The minimum absolute atomic E-state index is 0.134. The highest BCUT2D eigenvalue weighted by Crippen LogP contribution is 2.35. The highest BCUT2D eigenvalue weighted by Gasteiger charge is 2.20. The molecule has 0 spiro atoms. The van der Waals surface area contributed by atoms with Gasteiger partial charge in [0.2, 0.25) is 0 Å². The van der Waals surface area contributed by atoms with Crippen LogP contribution in [0, 0.1) is 6.92 Å². The number of ether oxygens (including phenoxy) is 2. The number of nitrogens with zero attached hydrogens (tertiary/aromatic N) is 2. The summed E-state index contributed by atoms with van der Waals surface area (Å²) < 4.78 is 13.4. The fourth-order valence-electron chi connectivity index (χ4n) is 3.52. The Morgan fingerprint density at radius 1 is 1.37 bits per heavy atom. The van der Waals surface area contributed by atoms with E-state index in [1.54, 1.807) is 6.07 Å². The quantitative estimate of drug-likeness (QED) is 0.689. The van der Waals surface area contributed by atoms with E-state index in [1.165, 1.54) is 0 Å². The number of phenols is 1. The maximum absolute atomic E-state index is 10.0. The molecule has 0 bridgehead atoms.